The van der Waals surface area contributed by atoms with E-state index in [0.29, 0.717) is 18.2 Å². The van der Waals surface area contributed by atoms with Crippen LogP contribution in [0.5, 0.6) is 5.75 Å². The van der Waals surface area contributed by atoms with Crippen molar-refractivity contribution in [1.82, 2.24) is 5.32 Å². The maximum Gasteiger partial charge on any atom is 0.328 e. The molecular formula is C20H28N2O6. The fourth-order valence-corrected chi connectivity index (χ4v) is 3.24. The highest BCUT2D eigenvalue weighted by Gasteiger charge is 2.25. The molecule has 1 aromatic carbocycles. The maximum absolute atomic E-state index is 9.55. The van der Waals surface area contributed by atoms with Crippen molar-refractivity contribution in [2.45, 2.75) is 25.8 Å². The van der Waals surface area contributed by atoms with Crippen LogP contribution in [0.3, 0.4) is 0 Å². The van der Waals surface area contributed by atoms with Crippen LogP contribution in [0.1, 0.15) is 18.1 Å². The summed E-state index contributed by atoms with van der Waals surface area (Å²) in [7, 11) is 1.76. The Kier molecular flexibility index (Phi) is 8.28. The van der Waals surface area contributed by atoms with Crippen LogP contribution >= 0.6 is 0 Å². The Bertz CT molecular complexity index is 703. The number of rotatable bonds is 5. The summed E-state index contributed by atoms with van der Waals surface area (Å²) in [5, 5.41) is 19.1. The first-order valence-corrected chi connectivity index (χ1v) is 9.31. The first-order valence-electron chi connectivity index (χ1n) is 9.31. The molecule has 0 amide bonds. The van der Waals surface area contributed by atoms with Crippen LogP contribution < -0.4 is 15.0 Å². The van der Waals surface area contributed by atoms with Crippen molar-refractivity contribution in [2.24, 2.45) is 0 Å². The summed E-state index contributed by atoms with van der Waals surface area (Å²) in [4.78, 5) is 21.5. The van der Waals surface area contributed by atoms with Crippen LogP contribution in [-0.4, -0.2) is 68.2 Å². The van der Waals surface area contributed by atoms with Crippen LogP contribution in [-0.2, 0) is 27.2 Å². The fraction of sp³-hybridized carbons (Fsp3) is 0.500. The average molecular weight is 392 g/mol. The van der Waals surface area contributed by atoms with E-state index in [1.807, 2.05) is 0 Å². The Labute approximate surface area is 164 Å². The van der Waals surface area contributed by atoms with Crippen molar-refractivity contribution in [3.63, 3.8) is 0 Å². The molecule has 0 radical (unpaired) electrons. The molecule has 3 rings (SSSR count). The summed E-state index contributed by atoms with van der Waals surface area (Å²) in [6.45, 7) is 6.78. The van der Waals surface area contributed by atoms with Gasteiger partial charge in [0.05, 0.1) is 18.3 Å². The van der Waals surface area contributed by atoms with E-state index >= 15 is 0 Å². The Balaban J connectivity index is 0.000000300. The highest BCUT2D eigenvalue weighted by atomic mass is 16.5. The Hall–Kier alpha value is -2.58. The summed E-state index contributed by atoms with van der Waals surface area (Å²) in [6, 6.07) is 4.99. The van der Waals surface area contributed by atoms with Crippen molar-refractivity contribution in [1.29, 1.82) is 0 Å². The Morgan fingerprint density at radius 3 is 2.39 bits per heavy atom. The summed E-state index contributed by atoms with van der Waals surface area (Å²) in [6.07, 6.45) is 3.32. The number of ether oxygens (including phenoxy) is 2. The molecule has 0 aromatic heterocycles. The lowest BCUT2D eigenvalue weighted by molar-refractivity contribution is -0.134. The first-order chi connectivity index (χ1) is 13.4. The molecule has 0 bridgehead atoms. The van der Waals surface area contributed by atoms with Crippen LogP contribution in [0.15, 0.2) is 24.3 Å². The standard InChI is InChI=1S/C16H24N2O2.C4H4O4/c1-12-11-20-16-10-14-4-6-17-5-3-13(14)9-15(16)18(12)7-8-19-2;5-3(6)1-2-4(7)8/h9-10,12,17H,3-8,11H2,1-2H3;1-2H,(H,5,6)(H,7,8)/b;2-1+/t12-;/m0./s1. The van der Waals surface area contributed by atoms with Crippen LogP contribution in [0.4, 0.5) is 5.69 Å². The number of anilines is 1. The molecule has 0 saturated carbocycles. The highest BCUT2D eigenvalue weighted by Crippen LogP contribution is 2.37. The topological polar surface area (TPSA) is 108 Å². The second kappa shape index (κ2) is 10.7. The van der Waals surface area contributed by atoms with E-state index in [0.717, 1.165) is 51.4 Å². The van der Waals surface area contributed by atoms with Crippen molar-refractivity contribution in [3.05, 3.63) is 35.4 Å². The Morgan fingerprint density at radius 2 is 1.82 bits per heavy atom. The number of benzene rings is 1. The number of aliphatic carboxylic acids is 2. The van der Waals surface area contributed by atoms with Gasteiger partial charge in [-0.2, -0.15) is 0 Å². The van der Waals surface area contributed by atoms with Gasteiger partial charge in [0.2, 0.25) is 0 Å². The van der Waals surface area contributed by atoms with Gasteiger partial charge in [-0.15, -0.1) is 0 Å². The lowest BCUT2D eigenvalue weighted by Gasteiger charge is -2.37. The maximum atomic E-state index is 9.55. The third-order valence-corrected chi connectivity index (χ3v) is 4.65. The minimum absolute atomic E-state index is 0.402. The molecule has 1 atom stereocenters. The van der Waals surface area contributed by atoms with Gasteiger partial charge in [-0.1, -0.05) is 0 Å². The first kappa shape index (κ1) is 21.7. The molecule has 0 unspecified atom stereocenters. The molecule has 8 nitrogen and oxygen atoms in total. The van der Waals surface area contributed by atoms with Crippen molar-refractivity contribution in [2.75, 3.05) is 44.9 Å². The number of carboxylic acid groups (broad SMARTS) is 2. The Morgan fingerprint density at radius 1 is 1.21 bits per heavy atom. The number of nitrogens with zero attached hydrogens (tertiary/aromatic N) is 1. The fourth-order valence-electron chi connectivity index (χ4n) is 3.24. The van der Waals surface area contributed by atoms with Crippen molar-refractivity contribution in [3.8, 4) is 5.75 Å². The molecule has 2 aliphatic heterocycles. The van der Waals surface area contributed by atoms with Gasteiger partial charge in [0.15, 0.2) is 0 Å². The molecule has 154 valence electrons. The number of hydrogen-bond acceptors (Lipinski definition) is 6. The second-order valence-corrected chi connectivity index (χ2v) is 6.69. The lowest BCUT2D eigenvalue weighted by Crippen LogP contribution is -2.43. The number of fused-ring (bicyclic) bond motifs is 2. The molecule has 3 N–H and O–H groups in total. The minimum atomic E-state index is -1.26. The molecule has 0 saturated heterocycles. The van der Waals surface area contributed by atoms with E-state index in [4.69, 9.17) is 19.7 Å². The minimum Gasteiger partial charge on any atom is -0.489 e. The monoisotopic (exact) mass is 392 g/mol. The normalized spacial score (nSPS) is 18.2. The zero-order chi connectivity index (χ0) is 20.5. The molecule has 0 aliphatic carbocycles. The van der Waals surface area contributed by atoms with Crippen molar-refractivity contribution < 1.29 is 29.3 Å². The van der Waals surface area contributed by atoms with Gasteiger partial charge >= 0.3 is 11.9 Å². The van der Waals surface area contributed by atoms with Gasteiger partial charge in [-0.25, -0.2) is 9.59 Å². The largest absolute Gasteiger partial charge is 0.489 e. The zero-order valence-corrected chi connectivity index (χ0v) is 16.3. The molecule has 2 aliphatic rings. The molecular weight excluding hydrogens is 364 g/mol. The van der Waals surface area contributed by atoms with Crippen LogP contribution in [0, 0.1) is 0 Å². The SMILES string of the molecule is COCCN1c2cc3c(cc2OC[C@@H]1C)CCNCC3.O=C(O)/C=C/C(=O)O. The molecule has 8 heteroatoms. The summed E-state index contributed by atoms with van der Waals surface area (Å²) < 4.78 is 11.2. The van der Waals surface area contributed by atoms with Crippen LogP contribution in [0.2, 0.25) is 0 Å². The summed E-state index contributed by atoms with van der Waals surface area (Å²) >= 11 is 0. The van der Waals surface area contributed by atoms with Gasteiger partial charge in [-0.3, -0.25) is 0 Å². The van der Waals surface area contributed by atoms with Gasteiger partial charge < -0.3 is 29.9 Å². The molecule has 2 heterocycles. The highest BCUT2D eigenvalue weighted by molar-refractivity contribution is 5.89. The van der Waals surface area contributed by atoms with Crippen molar-refractivity contribution >= 4 is 17.6 Å². The van der Waals surface area contributed by atoms with E-state index in [1.165, 1.54) is 16.8 Å². The quantitative estimate of drug-likeness (QED) is 0.644. The number of hydrogen-bond donors (Lipinski definition) is 3. The summed E-state index contributed by atoms with van der Waals surface area (Å²) in [5.74, 6) is -1.47. The second-order valence-electron chi connectivity index (χ2n) is 6.69. The molecule has 0 spiro atoms. The van der Waals surface area contributed by atoms with E-state index in [-0.39, 0.29) is 0 Å². The van der Waals surface area contributed by atoms with Gasteiger partial charge in [0, 0.05) is 25.8 Å². The van der Waals surface area contributed by atoms with E-state index in [1.54, 1.807) is 7.11 Å². The molecule has 28 heavy (non-hydrogen) atoms. The average Bonchev–Trinajstić information content (AvgIpc) is 2.89. The zero-order valence-electron chi connectivity index (χ0n) is 16.3. The number of methoxy groups -OCH3 is 1. The van der Waals surface area contributed by atoms with Crippen LogP contribution in [0.25, 0.3) is 0 Å². The predicted octanol–water partition coefficient (Wildman–Crippen LogP) is 1.32. The van der Waals surface area contributed by atoms with Gasteiger partial charge in [0.1, 0.15) is 12.4 Å². The molecule has 1 aromatic rings. The number of carboxylic acids is 2. The van der Waals surface area contributed by atoms with E-state index in [9.17, 15) is 9.59 Å². The number of carbonyl (C=O) groups is 2. The molecule has 0 fully saturated rings. The third kappa shape index (κ3) is 6.24. The van der Waals surface area contributed by atoms with E-state index < -0.39 is 11.9 Å². The third-order valence-electron chi connectivity index (χ3n) is 4.65. The number of nitrogens with one attached hydrogen (secondary N) is 1. The summed E-state index contributed by atoms with van der Waals surface area (Å²) in [5.41, 5.74) is 4.14. The van der Waals surface area contributed by atoms with Gasteiger partial charge in [-0.05, 0) is 56.1 Å². The lowest BCUT2D eigenvalue weighted by atomic mass is 9.99. The van der Waals surface area contributed by atoms with Gasteiger partial charge in [0.25, 0.3) is 0 Å². The predicted molar refractivity (Wildman–Crippen MR) is 105 cm³/mol. The smallest absolute Gasteiger partial charge is 0.328 e. The van der Waals surface area contributed by atoms with E-state index in [2.05, 4.69) is 29.3 Å².